The number of pyridine rings is 1. The largest absolute Gasteiger partial charge is 0.383 e. The molecule has 2 N–H and O–H groups in total. The fraction of sp³-hybridized carbons (Fsp3) is 0.188. The number of aromatic nitrogens is 3. The molecule has 0 fully saturated rings. The second kappa shape index (κ2) is 4.27. The van der Waals surface area contributed by atoms with Crippen LogP contribution in [0.5, 0.6) is 0 Å². The number of fused-ring (bicyclic) bond motifs is 2. The van der Waals surface area contributed by atoms with Gasteiger partial charge in [0.25, 0.3) is 0 Å². The fourth-order valence-electron chi connectivity index (χ4n) is 2.87. The van der Waals surface area contributed by atoms with Gasteiger partial charge < -0.3 is 5.73 Å². The maximum Gasteiger partial charge on any atom is 0.162 e. The Balaban J connectivity index is 1.98. The summed E-state index contributed by atoms with van der Waals surface area (Å²) in [6.45, 7) is 0. The number of rotatable bonds is 1. The third kappa shape index (κ3) is 1.65. The Labute approximate surface area is 116 Å². The number of anilines is 1. The number of aryl methyl sites for hydroxylation is 1. The normalized spacial score (nSPS) is 13.6. The van der Waals surface area contributed by atoms with Crippen molar-refractivity contribution in [1.82, 2.24) is 15.0 Å². The Bertz CT molecular complexity index is 805. The van der Waals surface area contributed by atoms with Gasteiger partial charge in [-0.1, -0.05) is 18.2 Å². The summed E-state index contributed by atoms with van der Waals surface area (Å²) in [6, 6.07) is 9.99. The van der Waals surface area contributed by atoms with E-state index in [0.717, 1.165) is 47.0 Å². The molecule has 0 spiro atoms. The molecule has 1 aromatic carbocycles. The number of benzene rings is 1. The van der Waals surface area contributed by atoms with Crippen LogP contribution in [0.1, 0.15) is 17.7 Å². The lowest BCUT2D eigenvalue weighted by atomic mass is 10.1. The number of hydrogen-bond donors (Lipinski definition) is 1. The van der Waals surface area contributed by atoms with Crippen LogP contribution in [0.3, 0.4) is 0 Å². The van der Waals surface area contributed by atoms with Gasteiger partial charge in [-0.15, -0.1) is 0 Å². The highest BCUT2D eigenvalue weighted by Gasteiger charge is 2.19. The van der Waals surface area contributed by atoms with Crippen LogP contribution in [-0.2, 0) is 12.8 Å². The Hall–Kier alpha value is -2.49. The van der Waals surface area contributed by atoms with Gasteiger partial charge in [-0.05, 0) is 31.4 Å². The van der Waals surface area contributed by atoms with Crippen LogP contribution in [0.4, 0.5) is 5.82 Å². The average Bonchev–Trinajstić information content (AvgIpc) is 2.95. The van der Waals surface area contributed by atoms with E-state index >= 15 is 0 Å². The summed E-state index contributed by atoms with van der Waals surface area (Å²) >= 11 is 0. The lowest BCUT2D eigenvalue weighted by Crippen LogP contribution is -2.03. The van der Waals surface area contributed by atoms with Gasteiger partial charge >= 0.3 is 0 Å². The highest BCUT2D eigenvalue weighted by molar-refractivity contribution is 5.92. The molecule has 0 aliphatic heterocycles. The van der Waals surface area contributed by atoms with Crippen molar-refractivity contribution < 1.29 is 0 Å². The molecule has 4 heteroatoms. The van der Waals surface area contributed by atoms with E-state index in [4.69, 9.17) is 10.7 Å². The molecule has 3 aromatic rings. The number of hydrogen-bond acceptors (Lipinski definition) is 4. The summed E-state index contributed by atoms with van der Waals surface area (Å²) in [5.74, 6) is 1.34. The molecule has 2 aromatic heterocycles. The van der Waals surface area contributed by atoms with Crippen molar-refractivity contribution in [3.63, 3.8) is 0 Å². The van der Waals surface area contributed by atoms with Gasteiger partial charge in [0, 0.05) is 28.4 Å². The summed E-state index contributed by atoms with van der Waals surface area (Å²) in [5, 5.41) is 1.06. The summed E-state index contributed by atoms with van der Waals surface area (Å²) in [5.41, 5.74) is 10.3. The first-order valence-electron chi connectivity index (χ1n) is 6.82. The fourth-order valence-corrected chi connectivity index (χ4v) is 2.87. The van der Waals surface area contributed by atoms with Crippen molar-refractivity contribution >= 4 is 16.7 Å². The predicted octanol–water partition coefficient (Wildman–Crippen LogP) is 2.76. The number of para-hydroxylation sites is 1. The Morgan fingerprint density at radius 3 is 2.85 bits per heavy atom. The van der Waals surface area contributed by atoms with Gasteiger partial charge in [0.1, 0.15) is 5.82 Å². The minimum absolute atomic E-state index is 0.628. The lowest BCUT2D eigenvalue weighted by molar-refractivity contribution is 0.900. The quantitative estimate of drug-likeness (QED) is 0.732. The van der Waals surface area contributed by atoms with E-state index in [2.05, 4.69) is 9.97 Å². The molecule has 0 bridgehead atoms. The second-order valence-corrected chi connectivity index (χ2v) is 5.09. The van der Waals surface area contributed by atoms with Crippen molar-refractivity contribution in [2.24, 2.45) is 0 Å². The Morgan fingerprint density at radius 1 is 1.00 bits per heavy atom. The first kappa shape index (κ1) is 11.3. The van der Waals surface area contributed by atoms with Gasteiger partial charge in [0.05, 0.1) is 5.52 Å². The van der Waals surface area contributed by atoms with E-state index in [1.165, 1.54) is 0 Å². The van der Waals surface area contributed by atoms with Crippen molar-refractivity contribution in [1.29, 1.82) is 0 Å². The van der Waals surface area contributed by atoms with Crippen molar-refractivity contribution in [3.8, 4) is 11.4 Å². The summed E-state index contributed by atoms with van der Waals surface area (Å²) in [6.07, 6.45) is 4.91. The predicted molar refractivity (Wildman–Crippen MR) is 79.2 cm³/mol. The first-order chi connectivity index (χ1) is 9.83. The van der Waals surface area contributed by atoms with Crippen LogP contribution in [0.2, 0.25) is 0 Å². The molecule has 0 atom stereocenters. The number of nitrogen functional groups attached to an aromatic ring is 1. The van der Waals surface area contributed by atoms with Crippen LogP contribution in [0.25, 0.3) is 22.3 Å². The molecule has 0 unspecified atom stereocenters. The molecule has 0 saturated carbocycles. The van der Waals surface area contributed by atoms with E-state index in [-0.39, 0.29) is 0 Å². The molecular formula is C16H14N4. The minimum Gasteiger partial charge on any atom is -0.383 e. The van der Waals surface area contributed by atoms with Crippen LogP contribution in [-0.4, -0.2) is 15.0 Å². The third-order valence-corrected chi connectivity index (χ3v) is 3.86. The van der Waals surface area contributed by atoms with E-state index in [1.807, 2.05) is 30.3 Å². The molecule has 20 heavy (non-hydrogen) atoms. The van der Waals surface area contributed by atoms with Crippen molar-refractivity contribution in [2.45, 2.75) is 19.3 Å². The van der Waals surface area contributed by atoms with Crippen LogP contribution >= 0.6 is 0 Å². The van der Waals surface area contributed by atoms with Gasteiger partial charge in [0.2, 0.25) is 0 Å². The van der Waals surface area contributed by atoms with Crippen molar-refractivity contribution in [3.05, 3.63) is 47.8 Å². The second-order valence-electron chi connectivity index (χ2n) is 5.09. The summed E-state index contributed by atoms with van der Waals surface area (Å²) < 4.78 is 0. The van der Waals surface area contributed by atoms with E-state index in [9.17, 15) is 0 Å². The summed E-state index contributed by atoms with van der Waals surface area (Å²) in [4.78, 5) is 13.6. The molecule has 4 rings (SSSR count). The molecule has 4 nitrogen and oxygen atoms in total. The molecule has 0 saturated heterocycles. The average molecular weight is 262 g/mol. The van der Waals surface area contributed by atoms with E-state index in [1.54, 1.807) is 6.20 Å². The van der Waals surface area contributed by atoms with E-state index < -0.39 is 0 Å². The van der Waals surface area contributed by atoms with Crippen LogP contribution in [0, 0.1) is 0 Å². The highest BCUT2D eigenvalue weighted by atomic mass is 15.0. The van der Waals surface area contributed by atoms with Gasteiger partial charge in [-0.25, -0.2) is 9.97 Å². The van der Waals surface area contributed by atoms with Crippen LogP contribution in [0.15, 0.2) is 36.5 Å². The molecular weight excluding hydrogens is 248 g/mol. The Morgan fingerprint density at radius 2 is 1.90 bits per heavy atom. The smallest absolute Gasteiger partial charge is 0.162 e. The highest BCUT2D eigenvalue weighted by Crippen LogP contribution is 2.30. The Kier molecular flexibility index (Phi) is 2.42. The van der Waals surface area contributed by atoms with Gasteiger partial charge in [-0.3, -0.25) is 4.98 Å². The standard InChI is InChI=1S/C16H14N4/c17-15-12-5-3-7-14(12)19-16(20-15)11-8-9-18-13-6-2-1-4-10(11)13/h1-2,4,6,8-9H,3,5,7H2,(H2,17,19,20). The minimum atomic E-state index is 0.628. The lowest BCUT2D eigenvalue weighted by Gasteiger charge is -2.08. The van der Waals surface area contributed by atoms with E-state index in [0.29, 0.717) is 11.6 Å². The molecule has 1 aliphatic carbocycles. The zero-order valence-corrected chi connectivity index (χ0v) is 11.0. The molecule has 98 valence electrons. The number of nitrogens with two attached hydrogens (primary N) is 1. The summed E-state index contributed by atoms with van der Waals surface area (Å²) in [7, 11) is 0. The molecule has 0 amide bonds. The van der Waals surface area contributed by atoms with Gasteiger partial charge in [-0.2, -0.15) is 0 Å². The number of nitrogens with zero attached hydrogens (tertiary/aromatic N) is 3. The molecule has 0 radical (unpaired) electrons. The zero-order valence-electron chi connectivity index (χ0n) is 11.0. The van der Waals surface area contributed by atoms with Gasteiger partial charge in [0.15, 0.2) is 5.82 Å². The molecule has 2 heterocycles. The van der Waals surface area contributed by atoms with Crippen molar-refractivity contribution in [2.75, 3.05) is 5.73 Å². The topological polar surface area (TPSA) is 64.7 Å². The monoisotopic (exact) mass is 262 g/mol. The molecule has 1 aliphatic rings. The SMILES string of the molecule is Nc1nc(-c2ccnc3ccccc23)nc2c1CCC2. The zero-order chi connectivity index (χ0) is 13.5. The van der Waals surface area contributed by atoms with Crippen LogP contribution < -0.4 is 5.73 Å². The third-order valence-electron chi connectivity index (χ3n) is 3.86. The maximum atomic E-state index is 6.09. The maximum absolute atomic E-state index is 6.09. The first-order valence-corrected chi connectivity index (χ1v) is 6.82.